The number of rotatable bonds is 3. The first-order chi connectivity index (χ1) is 11.0. The quantitative estimate of drug-likeness (QED) is 0.860. The Bertz CT molecular complexity index is 851. The van der Waals surface area contributed by atoms with Gasteiger partial charge in [-0.2, -0.15) is 4.31 Å². The van der Waals surface area contributed by atoms with Crippen LogP contribution in [0, 0.1) is 6.92 Å². The van der Waals surface area contributed by atoms with Crippen molar-refractivity contribution in [3.8, 4) is 0 Å². The maximum atomic E-state index is 12.9. The number of nitrogens with one attached hydrogen (secondary N) is 1. The van der Waals surface area contributed by atoms with Gasteiger partial charge in [-0.25, -0.2) is 13.4 Å². The maximum Gasteiger partial charge on any atom is 0.251 e. The van der Waals surface area contributed by atoms with Gasteiger partial charge >= 0.3 is 0 Å². The molecule has 1 saturated heterocycles. The summed E-state index contributed by atoms with van der Waals surface area (Å²) in [6.45, 7) is 2.28. The summed E-state index contributed by atoms with van der Waals surface area (Å²) < 4.78 is 32.4. The van der Waals surface area contributed by atoms with Crippen molar-refractivity contribution >= 4 is 10.0 Å². The van der Waals surface area contributed by atoms with E-state index in [2.05, 4.69) is 15.0 Å². The Labute approximate surface area is 133 Å². The summed E-state index contributed by atoms with van der Waals surface area (Å²) >= 11 is 0. The number of pyridine rings is 1. The highest BCUT2D eigenvalue weighted by Crippen LogP contribution is 2.28. The van der Waals surface area contributed by atoms with E-state index >= 15 is 0 Å². The number of hydrogen-bond acceptors (Lipinski definition) is 6. The molecule has 1 N–H and O–H groups in total. The Kier molecular flexibility index (Phi) is 4.24. The average molecular weight is 336 g/mol. The first-order valence-corrected chi connectivity index (χ1v) is 8.50. The lowest BCUT2D eigenvalue weighted by atomic mass is 10.2. The van der Waals surface area contributed by atoms with Crippen molar-refractivity contribution in [2.45, 2.75) is 17.9 Å². The standard InChI is InChI=1S/C14H16N4O4S/c1-10-16-12(7-14(19)17-10)13-9-22-6-5-18(13)23(20,21)11-3-2-4-15-8-11/h2-4,7-8,13H,5-6,9H2,1H3,(H,16,17,19)/t13-/m0/s1. The van der Waals surface area contributed by atoms with E-state index in [4.69, 9.17) is 4.74 Å². The SMILES string of the molecule is Cc1nc([C@@H]2COCCN2S(=O)(=O)c2cccnc2)cc(=O)[nH]1. The molecule has 0 unspecified atom stereocenters. The molecule has 23 heavy (non-hydrogen) atoms. The van der Waals surface area contributed by atoms with Gasteiger partial charge in [0.25, 0.3) is 5.56 Å². The summed E-state index contributed by atoms with van der Waals surface area (Å²) in [6.07, 6.45) is 2.82. The van der Waals surface area contributed by atoms with Crippen LogP contribution in [0.15, 0.2) is 40.3 Å². The van der Waals surface area contributed by atoms with Gasteiger partial charge in [0, 0.05) is 25.0 Å². The van der Waals surface area contributed by atoms with Crippen LogP contribution in [0.3, 0.4) is 0 Å². The molecule has 9 heteroatoms. The van der Waals surface area contributed by atoms with Crippen molar-refractivity contribution in [2.24, 2.45) is 0 Å². The zero-order valence-electron chi connectivity index (χ0n) is 12.5. The lowest BCUT2D eigenvalue weighted by Crippen LogP contribution is -2.44. The highest BCUT2D eigenvalue weighted by atomic mass is 32.2. The van der Waals surface area contributed by atoms with Crippen LogP contribution >= 0.6 is 0 Å². The fraction of sp³-hybridized carbons (Fsp3) is 0.357. The molecule has 1 atom stereocenters. The molecule has 0 aromatic carbocycles. The predicted molar refractivity (Wildman–Crippen MR) is 81.3 cm³/mol. The van der Waals surface area contributed by atoms with Crippen LogP contribution in [-0.4, -0.2) is 47.4 Å². The van der Waals surface area contributed by atoms with Gasteiger partial charge in [0.05, 0.1) is 24.9 Å². The summed E-state index contributed by atoms with van der Waals surface area (Å²) in [5.74, 6) is 0.428. The second-order valence-electron chi connectivity index (χ2n) is 5.15. The van der Waals surface area contributed by atoms with E-state index in [0.717, 1.165) is 0 Å². The van der Waals surface area contributed by atoms with Crippen LogP contribution in [0.25, 0.3) is 0 Å². The Morgan fingerprint density at radius 2 is 2.26 bits per heavy atom. The number of aromatic amines is 1. The second-order valence-corrected chi connectivity index (χ2v) is 7.04. The van der Waals surface area contributed by atoms with Crippen LogP contribution in [0.2, 0.25) is 0 Å². The molecule has 0 radical (unpaired) electrons. The number of sulfonamides is 1. The lowest BCUT2D eigenvalue weighted by Gasteiger charge is -2.34. The third-order valence-corrected chi connectivity index (χ3v) is 5.43. The highest BCUT2D eigenvalue weighted by molar-refractivity contribution is 7.89. The van der Waals surface area contributed by atoms with Crippen LogP contribution in [0.1, 0.15) is 17.6 Å². The minimum atomic E-state index is -3.75. The molecule has 0 bridgehead atoms. The van der Waals surface area contributed by atoms with Crippen molar-refractivity contribution in [1.82, 2.24) is 19.3 Å². The Morgan fingerprint density at radius 1 is 1.43 bits per heavy atom. The molecule has 0 amide bonds. The predicted octanol–water partition coefficient (Wildman–Crippen LogP) is 0.236. The van der Waals surface area contributed by atoms with Crippen molar-refractivity contribution in [3.05, 3.63) is 52.5 Å². The van der Waals surface area contributed by atoms with Crippen LogP contribution in [0.4, 0.5) is 0 Å². The van der Waals surface area contributed by atoms with Gasteiger partial charge in [-0.15, -0.1) is 0 Å². The van der Waals surface area contributed by atoms with Crippen LogP contribution < -0.4 is 5.56 Å². The molecule has 2 aromatic heterocycles. The van der Waals surface area contributed by atoms with Gasteiger partial charge in [-0.1, -0.05) is 0 Å². The Hall–Kier alpha value is -2.10. The van der Waals surface area contributed by atoms with Crippen molar-refractivity contribution in [3.63, 3.8) is 0 Å². The van der Waals surface area contributed by atoms with Crippen molar-refractivity contribution in [1.29, 1.82) is 0 Å². The molecule has 122 valence electrons. The van der Waals surface area contributed by atoms with Crippen molar-refractivity contribution in [2.75, 3.05) is 19.8 Å². The molecule has 0 aliphatic carbocycles. The second kappa shape index (κ2) is 6.19. The van der Waals surface area contributed by atoms with E-state index in [1.54, 1.807) is 13.0 Å². The Balaban J connectivity index is 2.04. The third kappa shape index (κ3) is 3.16. The van der Waals surface area contributed by atoms with Crippen LogP contribution in [-0.2, 0) is 14.8 Å². The summed E-state index contributed by atoms with van der Waals surface area (Å²) in [5.41, 5.74) is 0.0511. The van der Waals surface area contributed by atoms with E-state index in [0.29, 0.717) is 11.5 Å². The average Bonchev–Trinajstić information content (AvgIpc) is 2.55. The number of ether oxygens (including phenoxy) is 1. The van der Waals surface area contributed by atoms with E-state index in [9.17, 15) is 13.2 Å². The van der Waals surface area contributed by atoms with Gasteiger partial charge < -0.3 is 9.72 Å². The van der Waals surface area contributed by atoms with Gasteiger partial charge in [0.15, 0.2) is 0 Å². The highest BCUT2D eigenvalue weighted by Gasteiger charge is 2.36. The summed E-state index contributed by atoms with van der Waals surface area (Å²) in [5, 5.41) is 0. The maximum absolute atomic E-state index is 12.9. The molecular weight excluding hydrogens is 320 g/mol. The number of morpholine rings is 1. The summed E-state index contributed by atoms with van der Waals surface area (Å²) in [4.78, 5) is 22.4. The molecule has 2 aromatic rings. The molecule has 8 nitrogen and oxygen atoms in total. The Morgan fingerprint density at radius 3 is 2.96 bits per heavy atom. The van der Waals surface area contributed by atoms with E-state index in [1.165, 1.54) is 28.8 Å². The minimum Gasteiger partial charge on any atom is -0.378 e. The van der Waals surface area contributed by atoms with Gasteiger partial charge in [0.1, 0.15) is 10.7 Å². The van der Waals surface area contributed by atoms with E-state index in [-0.39, 0.29) is 30.2 Å². The van der Waals surface area contributed by atoms with E-state index < -0.39 is 16.1 Å². The monoisotopic (exact) mass is 336 g/mol. The molecule has 0 saturated carbocycles. The molecule has 0 spiro atoms. The molecule has 1 aliphatic heterocycles. The lowest BCUT2D eigenvalue weighted by molar-refractivity contribution is 0.0304. The first kappa shape index (κ1) is 15.8. The third-order valence-electron chi connectivity index (χ3n) is 3.54. The number of aryl methyl sites for hydroxylation is 1. The van der Waals surface area contributed by atoms with Crippen molar-refractivity contribution < 1.29 is 13.2 Å². The molecular formula is C14H16N4O4S. The van der Waals surface area contributed by atoms with Gasteiger partial charge in [-0.3, -0.25) is 9.78 Å². The summed E-state index contributed by atoms with van der Waals surface area (Å²) in [6, 6.07) is 3.72. The number of aromatic nitrogens is 3. The fourth-order valence-electron chi connectivity index (χ4n) is 2.52. The number of hydrogen-bond donors (Lipinski definition) is 1. The number of nitrogens with zero attached hydrogens (tertiary/aromatic N) is 3. The van der Waals surface area contributed by atoms with Crippen LogP contribution in [0.5, 0.6) is 0 Å². The summed E-state index contributed by atoms with van der Waals surface area (Å²) in [7, 11) is -3.75. The molecule has 1 fully saturated rings. The topological polar surface area (TPSA) is 105 Å². The zero-order valence-corrected chi connectivity index (χ0v) is 13.3. The van der Waals surface area contributed by atoms with Gasteiger partial charge in [0.2, 0.25) is 10.0 Å². The van der Waals surface area contributed by atoms with Gasteiger partial charge in [-0.05, 0) is 19.1 Å². The normalized spacial score (nSPS) is 19.6. The molecule has 3 rings (SSSR count). The zero-order chi connectivity index (χ0) is 16.4. The molecule has 1 aliphatic rings. The first-order valence-electron chi connectivity index (χ1n) is 7.06. The smallest absolute Gasteiger partial charge is 0.251 e. The molecule has 3 heterocycles. The van der Waals surface area contributed by atoms with E-state index in [1.807, 2.05) is 0 Å². The largest absolute Gasteiger partial charge is 0.378 e. The number of H-pyrrole nitrogens is 1. The minimum absolute atomic E-state index is 0.105. The fourth-order valence-corrected chi connectivity index (χ4v) is 4.05.